The molecule has 140 valence electrons. The summed E-state index contributed by atoms with van der Waals surface area (Å²) in [5.41, 5.74) is 0.752. The number of rotatable bonds is 5. The van der Waals surface area contributed by atoms with Crippen molar-refractivity contribution in [1.82, 2.24) is 9.80 Å². The zero-order valence-electron chi connectivity index (χ0n) is 14.4. The summed E-state index contributed by atoms with van der Waals surface area (Å²) >= 11 is 11.8. The minimum Gasteiger partial charge on any atom is -0.465 e. The summed E-state index contributed by atoms with van der Waals surface area (Å²) in [5, 5.41) is 0.860. The first kappa shape index (κ1) is 20.3. The smallest absolute Gasteiger partial charge is 0.325 e. The molecule has 8 heteroatoms. The van der Waals surface area contributed by atoms with Crippen LogP contribution in [0.5, 0.6) is 0 Å². The fourth-order valence-electron chi connectivity index (χ4n) is 2.51. The molecule has 0 unspecified atom stereocenters. The molecule has 0 aromatic heterocycles. The monoisotopic (exact) mass is 398 g/mol. The van der Waals surface area contributed by atoms with Crippen LogP contribution in [-0.2, 0) is 19.1 Å². The van der Waals surface area contributed by atoms with E-state index >= 15 is 0 Å². The van der Waals surface area contributed by atoms with Crippen molar-refractivity contribution in [3.63, 3.8) is 0 Å². The van der Waals surface area contributed by atoms with Crippen LogP contribution in [-0.4, -0.2) is 60.4 Å². The van der Waals surface area contributed by atoms with Crippen LogP contribution in [0.1, 0.15) is 18.9 Å². The van der Waals surface area contributed by atoms with Gasteiger partial charge in [0.1, 0.15) is 6.54 Å². The van der Waals surface area contributed by atoms with Crippen molar-refractivity contribution < 1.29 is 19.1 Å². The second-order valence-corrected chi connectivity index (χ2v) is 6.52. The fourth-order valence-corrected chi connectivity index (χ4v) is 2.81. The Labute approximate surface area is 162 Å². The van der Waals surface area contributed by atoms with Crippen molar-refractivity contribution in [2.24, 2.45) is 0 Å². The van der Waals surface area contributed by atoms with E-state index in [0.717, 1.165) is 5.56 Å². The lowest BCUT2D eigenvalue weighted by Gasteiger charge is -2.20. The van der Waals surface area contributed by atoms with E-state index in [2.05, 4.69) is 0 Å². The normalized spacial score (nSPS) is 15.3. The van der Waals surface area contributed by atoms with Gasteiger partial charge in [0.05, 0.1) is 16.7 Å². The number of esters is 1. The van der Waals surface area contributed by atoms with Gasteiger partial charge in [-0.1, -0.05) is 29.3 Å². The molecule has 0 bridgehead atoms. The molecule has 1 fully saturated rings. The first-order valence-electron chi connectivity index (χ1n) is 8.26. The lowest BCUT2D eigenvalue weighted by Crippen LogP contribution is -2.38. The van der Waals surface area contributed by atoms with E-state index in [0.29, 0.717) is 29.7 Å². The molecule has 1 aliphatic rings. The highest BCUT2D eigenvalue weighted by molar-refractivity contribution is 6.42. The molecule has 0 spiro atoms. The molecule has 0 radical (unpaired) electrons. The third-order valence-corrected chi connectivity index (χ3v) is 4.63. The number of benzene rings is 1. The van der Waals surface area contributed by atoms with Gasteiger partial charge >= 0.3 is 5.97 Å². The van der Waals surface area contributed by atoms with Gasteiger partial charge in [-0.15, -0.1) is 0 Å². The van der Waals surface area contributed by atoms with Crippen LogP contribution in [0, 0.1) is 0 Å². The SMILES string of the molecule is CCOC(=O)CN1CCN(C(=O)C=Cc2ccc(Cl)c(Cl)c2)CCC1=O. The Morgan fingerprint density at radius 1 is 1.19 bits per heavy atom. The van der Waals surface area contributed by atoms with Crippen LogP contribution in [0.2, 0.25) is 10.0 Å². The van der Waals surface area contributed by atoms with E-state index in [1.165, 1.54) is 11.0 Å². The van der Waals surface area contributed by atoms with E-state index in [4.69, 9.17) is 27.9 Å². The van der Waals surface area contributed by atoms with Gasteiger partial charge in [-0.3, -0.25) is 14.4 Å². The van der Waals surface area contributed by atoms with E-state index in [9.17, 15) is 14.4 Å². The van der Waals surface area contributed by atoms with Crippen molar-refractivity contribution in [1.29, 1.82) is 0 Å². The van der Waals surface area contributed by atoms with E-state index in [1.54, 1.807) is 36.1 Å². The lowest BCUT2D eigenvalue weighted by atomic mass is 10.2. The predicted octanol–water partition coefficient (Wildman–Crippen LogP) is 2.63. The fraction of sp³-hybridized carbons (Fsp3) is 0.389. The Morgan fingerprint density at radius 2 is 1.96 bits per heavy atom. The molecular weight excluding hydrogens is 379 g/mol. The largest absolute Gasteiger partial charge is 0.465 e. The Balaban J connectivity index is 1.95. The number of carbonyl (C=O) groups is 3. The van der Waals surface area contributed by atoms with Crippen LogP contribution in [0.15, 0.2) is 24.3 Å². The number of ether oxygens (including phenoxy) is 1. The highest BCUT2D eigenvalue weighted by atomic mass is 35.5. The van der Waals surface area contributed by atoms with Crippen LogP contribution in [0.3, 0.4) is 0 Å². The van der Waals surface area contributed by atoms with Crippen LogP contribution in [0.4, 0.5) is 0 Å². The Morgan fingerprint density at radius 3 is 2.65 bits per heavy atom. The van der Waals surface area contributed by atoms with Gasteiger partial charge in [0.25, 0.3) is 0 Å². The Kier molecular flexibility index (Phi) is 7.48. The first-order chi connectivity index (χ1) is 12.4. The Bertz CT molecular complexity index is 721. The second-order valence-electron chi connectivity index (χ2n) is 5.70. The standard InChI is InChI=1S/C18H20Cl2N2O4/c1-2-26-18(25)12-22-10-9-21(8-7-17(22)24)16(23)6-4-13-3-5-14(19)15(20)11-13/h3-6,11H,2,7-10,12H2,1H3. The van der Waals surface area contributed by atoms with Gasteiger partial charge in [0, 0.05) is 32.1 Å². The van der Waals surface area contributed by atoms with E-state index < -0.39 is 5.97 Å². The topological polar surface area (TPSA) is 66.9 Å². The highest BCUT2D eigenvalue weighted by Crippen LogP contribution is 2.23. The number of hydrogen-bond donors (Lipinski definition) is 0. The summed E-state index contributed by atoms with van der Waals surface area (Å²) < 4.78 is 4.87. The molecule has 1 heterocycles. The molecule has 2 rings (SSSR count). The summed E-state index contributed by atoms with van der Waals surface area (Å²) in [6, 6.07) is 5.08. The summed E-state index contributed by atoms with van der Waals surface area (Å²) in [6.45, 7) is 2.85. The molecule has 0 aliphatic carbocycles. The molecule has 0 N–H and O–H groups in total. The van der Waals surface area contributed by atoms with Gasteiger partial charge < -0.3 is 14.5 Å². The first-order valence-corrected chi connectivity index (χ1v) is 9.01. The predicted molar refractivity (Wildman–Crippen MR) is 99.9 cm³/mol. The van der Waals surface area contributed by atoms with Gasteiger partial charge in [-0.25, -0.2) is 0 Å². The number of carbonyl (C=O) groups excluding carboxylic acids is 3. The zero-order chi connectivity index (χ0) is 19.1. The molecule has 2 amide bonds. The molecule has 0 saturated carbocycles. The third-order valence-electron chi connectivity index (χ3n) is 3.89. The maximum atomic E-state index is 12.4. The zero-order valence-corrected chi connectivity index (χ0v) is 15.9. The average Bonchev–Trinajstić information content (AvgIpc) is 2.78. The summed E-state index contributed by atoms with van der Waals surface area (Å²) in [6.07, 6.45) is 3.25. The molecule has 1 saturated heterocycles. The number of amides is 2. The molecule has 1 aromatic rings. The molecular formula is C18H20Cl2N2O4. The number of halogens is 2. The lowest BCUT2D eigenvalue weighted by molar-refractivity contribution is -0.148. The second kappa shape index (κ2) is 9.59. The van der Waals surface area contributed by atoms with Crippen LogP contribution >= 0.6 is 23.2 Å². The summed E-state index contributed by atoms with van der Waals surface area (Å²) in [4.78, 5) is 39.1. The van der Waals surface area contributed by atoms with Crippen molar-refractivity contribution in [3.05, 3.63) is 39.9 Å². The molecule has 6 nitrogen and oxygen atoms in total. The van der Waals surface area contributed by atoms with Crippen molar-refractivity contribution in [2.45, 2.75) is 13.3 Å². The third kappa shape index (κ3) is 5.75. The molecule has 0 atom stereocenters. The number of nitrogens with zero attached hydrogens (tertiary/aromatic N) is 2. The quantitative estimate of drug-likeness (QED) is 0.564. The minimum atomic E-state index is -0.444. The summed E-state index contributed by atoms with van der Waals surface area (Å²) in [5.74, 6) is -0.816. The van der Waals surface area contributed by atoms with Crippen molar-refractivity contribution in [3.8, 4) is 0 Å². The van der Waals surface area contributed by atoms with E-state index in [1.807, 2.05) is 0 Å². The molecule has 1 aromatic carbocycles. The molecule has 26 heavy (non-hydrogen) atoms. The highest BCUT2D eigenvalue weighted by Gasteiger charge is 2.24. The summed E-state index contributed by atoms with van der Waals surface area (Å²) in [7, 11) is 0. The Hall–Kier alpha value is -2.05. The van der Waals surface area contributed by atoms with Gasteiger partial charge in [0.2, 0.25) is 11.8 Å². The maximum Gasteiger partial charge on any atom is 0.325 e. The van der Waals surface area contributed by atoms with Crippen LogP contribution in [0.25, 0.3) is 6.08 Å². The maximum absolute atomic E-state index is 12.4. The molecule has 1 aliphatic heterocycles. The van der Waals surface area contributed by atoms with Gasteiger partial charge in [0.15, 0.2) is 0 Å². The van der Waals surface area contributed by atoms with Gasteiger partial charge in [-0.05, 0) is 30.7 Å². The average molecular weight is 399 g/mol. The van der Waals surface area contributed by atoms with Crippen molar-refractivity contribution in [2.75, 3.05) is 32.8 Å². The number of hydrogen-bond acceptors (Lipinski definition) is 4. The van der Waals surface area contributed by atoms with Gasteiger partial charge in [-0.2, -0.15) is 0 Å². The van der Waals surface area contributed by atoms with E-state index in [-0.39, 0.29) is 31.4 Å². The van der Waals surface area contributed by atoms with Crippen LogP contribution < -0.4 is 0 Å². The van der Waals surface area contributed by atoms with Crippen molar-refractivity contribution >= 4 is 47.1 Å². The minimum absolute atomic E-state index is 0.0895.